The largest absolute Gasteiger partial charge is 0.462 e. The smallest absolute Gasteiger partial charge is 0.416 e. The van der Waals surface area contributed by atoms with Gasteiger partial charge in [-0.05, 0) is 148 Å². The SMILES string of the molecule is C.C[C@H]1OC(=O)C2CC3C(O)CCCC3[C@H](/C=C/c3ccc(-c4cccc(C(F)(F)F)c4)cn3)C21.C[C@H]1OC(=O)C2CC3C(O)CCCC3[C@H](/C=C/c3ccc(-c4cccc(C(F)(F)F)c4)cn3)C21. The summed E-state index contributed by atoms with van der Waals surface area (Å²) >= 11 is 0. The summed E-state index contributed by atoms with van der Waals surface area (Å²) in [5.74, 6) is 0.466. The van der Waals surface area contributed by atoms with Gasteiger partial charge in [0.2, 0.25) is 0 Å². The van der Waals surface area contributed by atoms with Crippen LogP contribution in [0.5, 0.6) is 0 Å². The highest BCUT2D eigenvalue weighted by molar-refractivity contribution is 5.76. The van der Waals surface area contributed by atoms with E-state index in [4.69, 9.17) is 9.47 Å². The lowest BCUT2D eigenvalue weighted by Crippen LogP contribution is -2.47. The predicted molar refractivity (Wildman–Crippen MR) is 249 cm³/mol. The van der Waals surface area contributed by atoms with Crippen LogP contribution in [0.1, 0.15) is 95.2 Å². The molecule has 14 heteroatoms. The Morgan fingerprint density at radius 2 is 0.971 bits per heavy atom. The number of ether oxygens (including phenoxy) is 2. The highest BCUT2D eigenvalue weighted by atomic mass is 19.4. The number of allylic oxidation sites excluding steroid dienone is 2. The molecule has 2 saturated heterocycles. The van der Waals surface area contributed by atoms with Gasteiger partial charge in [0.25, 0.3) is 0 Å². The summed E-state index contributed by atoms with van der Waals surface area (Å²) in [6.45, 7) is 3.90. The highest BCUT2D eigenvalue weighted by Gasteiger charge is 2.57. The number of hydrogen-bond donors (Lipinski definition) is 2. The number of aliphatic hydroxyl groups is 2. The maximum Gasteiger partial charge on any atom is 0.416 e. The van der Waals surface area contributed by atoms with Crippen LogP contribution in [0.4, 0.5) is 26.3 Å². The van der Waals surface area contributed by atoms with Gasteiger partial charge in [0.05, 0.1) is 46.6 Å². The number of benzene rings is 2. The molecule has 2 aromatic heterocycles. The quantitative estimate of drug-likeness (QED) is 0.145. The fraction of sp³-hybridized carbons (Fsp3) is 0.491. The number of rotatable bonds is 6. The molecule has 6 aliphatic rings. The van der Waals surface area contributed by atoms with Crippen LogP contribution in [0, 0.1) is 59.2 Å². The molecule has 2 aliphatic heterocycles. The molecule has 0 radical (unpaired) electrons. The van der Waals surface area contributed by atoms with Crippen molar-refractivity contribution in [1.29, 1.82) is 0 Å². The fourth-order valence-electron chi connectivity index (χ4n) is 12.7. The number of alkyl halides is 6. The third-order valence-corrected chi connectivity index (χ3v) is 15.9. The molecule has 4 aliphatic carbocycles. The molecule has 2 aromatic carbocycles. The van der Waals surface area contributed by atoms with Gasteiger partial charge in [-0.2, -0.15) is 26.3 Å². The molecule has 0 spiro atoms. The molecule has 4 saturated carbocycles. The van der Waals surface area contributed by atoms with E-state index in [1.807, 2.05) is 26.0 Å². The van der Waals surface area contributed by atoms with Gasteiger partial charge in [0, 0.05) is 35.4 Å². The number of fused-ring (bicyclic) bond motifs is 4. The van der Waals surface area contributed by atoms with Crippen LogP contribution < -0.4 is 0 Å². The number of aromatic nitrogens is 2. The predicted octanol–water partition coefficient (Wildman–Crippen LogP) is 12.1. The Hall–Kier alpha value is -5.34. The summed E-state index contributed by atoms with van der Waals surface area (Å²) < 4.78 is 89.4. The van der Waals surface area contributed by atoms with Gasteiger partial charge in [-0.1, -0.05) is 68.8 Å². The number of aliphatic hydroxyl groups excluding tert-OH is 2. The zero-order valence-electron chi connectivity index (χ0n) is 37.8. The van der Waals surface area contributed by atoms with Gasteiger partial charge in [0.15, 0.2) is 0 Å². The first kappa shape index (κ1) is 50.1. The fourth-order valence-corrected chi connectivity index (χ4v) is 12.7. The maximum absolute atomic E-state index is 13.0. The Labute approximate surface area is 399 Å². The number of esters is 2. The summed E-state index contributed by atoms with van der Waals surface area (Å²) in [6, 6.07) is 17.5. The summed E-state index contributed by atoms with van der Waals surface area (Å²) in [5.41, 5.74) is 2.16. The zero-order chi connectivity index (χ0) is 48.1. The third kappa shape index (κ3) is 10.4. The van der Waals surface area contributed by atoms with Gasteiger partial charge in [-0.15, -0.1) is 0 Å². The minimum absolute atomic E-state index is 0. The van der Waals surface area contributed by atoms with E-state index in [-0.39, 0.29) is 91.1 Å². The number of halogens is 6. The highest BCUT2D eigenvalue weighted by Crippen LogP contribution is 2.55. The Bertz CT molecular complexity index is 2340. The first-order chi connectivity index (χ1) is 32.4. The molecular weight excluding hydrogens is 899 g/mol. The van der Waals surface area contributed by atoms with Crippen LogP contribution >= 0.6 is 0 Å². The molecule has 4 heterocycles. The van der Waals surface area contributed by atoms with E-state index < -0.39 is 23.5 Å². The van der Waals surface area contributed by atoms with Crippen molar-refractivity contribution in [2.45, 2.75) is 109 Å². The minimum Gasteiger partial charge on any atom is -0.462 e. The van der Waals surface area contributed by atoms with Crippen LogP contribution in [0.3, 0.4) is 0 Å². The van der Waals surface area contributed by atoms with Crippen molar-refractivity contribution >= 4 is 24.1 Å². The molecule has 10 unspecified atom stereocenters. The van der Waals surface area contributed by atoms with E-state index in [0.29, 0.717) is 58.3 Å². The van der Waals surface area contributed by atoms with Crippen molar-refractivity contribution in [3.8, 4) is 22.3 Å². The van der Waals surface area contributed by atoms with Gasteiger partial charge in [-0.3, -0.25) is 19.6 Å². The average molecular weight is 959 g/mol. The van der Waals surface area contributed by atoms with Gasteiger partial charge >= 0.3 is 24.3 Å². The average Bonchev–Trinajstić information content (AvgIpc) is 3.78. The topological polar surface area (TPSA) is 119 Å². The number of cyclic esters (lactones) is 2. The lowest BCUT2D eigenvalue weighted by Gasteiger charge is -2.47. The normalized spacial score (nSPS) is 33.0. The van der Waals surface area contributed by atoms with E-state index in [1.165, 1.54) is 12.1 Å². The standard InChI is InChI=1S/2C27H28F3NO3.CH4/c2*1-15-25-21(20-6-3-7-24(32)22(20)13-23(25)26(33)34-15)11-10-19-9-8-17(14-31-19)16-4-2-5-18(12-16)27(28,29)30;/h2*2,4-5,8-12,14-15,20-25,32H,3,6-7,13H2,1H3;1H4/b2*11-10+;/t2*15-,20?,21+,22?,23?,24?,25?;/m11./s1. The number of carbonyl (C=O) groups is 2. The van der Waals surface area contributed by atoms with Crippen molar-refractivity contribution in [3.63, 3.8) is 0 Å². The van der Waals surface area contributed by atoms with E-state index in [2.05, 4.69) is 22.1 Å². The van der Waals surface area contributed by atoms with Crippen molar-refractivity contribution < 1.29 is 55.6 Å². The molecule has 2 N–H and O–H groups in total. The number of nitrogens with zero attached hydrogens (tertiary/aromatic N) is 2. The van der Waals surface area contributed by atoms with E-state index in [9.17, 15) is 46.1 Å². The van der Waals surface area contributed by atoms with Crippen molar-refractivity contribution in [2.24, 2.45) is 59.2 Å². The van der Waals surface area contributed by atoms with Gasteiger partial charge in [0.1, 0.15) is 12.2 Å². The lowest BCUT2D eigenvalue weighted by atomic mass is 9.56. The molecule has 10 rings (SSSR count). The maximum atomic E-state index is 13.0. The zero-order valence-corrected chi connectivity index (χ0v) is 37.8. The van der Waals surface area contributed by atoms with E-state index in [0.717, 1.165) is 62.8 Å². The summed E-state index contributed by atoms with van der Waals surface area (Å²) in [7, 11) is 0. The van der Waals surface area contributed by atoms with Crippen LogP contribution in [-0.4, -0.2) is 56.5 Å². The second-order valence-electron chi connectivity index (χ2n) is 19.7. The number of pyridine rings is 2. The van der Waals surface area contributed by atoms with Crippen LogP contribution in [-0.2, 0) is 31.4 Å². The number of hydrogen-bond acceptors (Lipinski definition) is 8. The lowest BCUT2D eigenvalue weighted by molar-refractivity contribution is -0.146. The van der Waals surface area contributed by atoms with E-state index >= 15 is 0 Å². The first-order valence-corrected chi connectivity index (χ1v) is 23.9. The molecule has 69 heavy (non-hydrogen) atoms. The van der Waals surface area contributed by atoms with Gasteiger partial charge < -0.3 is 19.7 Å². The second kappa shape index (κ2) is 20.2. The third-order valence-electron chi connectivity index (χ3n) is 15.9. The van der Waals surface area contributed by atoms with Crippen molar-refractivity contribution in [1.82, 2.24) is 9.97 Å². The molecule has 8 nitrogen and oxygen atoms in total. The van der Waals surface area contributed by atoms with Crippen LogP contribution in [0.25, 0.3) is 34.4 Å². The second-order valence-corrected chi connectivity index (χ2v) is 19.7. The Morgan fingerprint density at radius 1 is 0.565 bits per heavy atom. The number of carbonyl (C=O) groups excluding carboxylic acids is 2. The molecule has 0 amide bonds. The first-order valence-electron chi connectivity index (χ1n) is 23.9. The molecule has 368 valence electrons. The minimum atomic E-state index is -4.39. The Balaban J connectivity index is 0.000000183. The van der Waals surface area contributed by atoms with Crippen molar-refractivity contribution in [2.75, 3.05) is 0 Å². The molecule has 14 atom stereocenters. The monoisotopic (exact) mass is 958 g/mol. The van der Waals surface area contributed by atoms with Crippen LogP contribution in [0.2, 0.25) is 0 Å². The van der Waals surface area contributed by atoms with E-state index in [1.54, 1.807) is 48.8 Å². The molecule has 0 bridgehead atoms. The molecular formula is C55H60F6N2O6. The summed E-state index contributed by atoms with van der Waals surface area (Å²) in [4.78, 5) is 33.8. The van der Waals surface area contributed by atoms with Crippen molar-refractivity contribution in [3.05, 3.63) is 120 Å². The summed E-state index contributed by atoms with van der Waals surface area (Å²) in [5, 5.41) is 21.3. The Morgan fingerprint density at radius 3 is 1.33 bits per heavy atom. The Kier molecular flexibility index (Phi) is 14.6. The molecule has 6 fully saturated rings. The summed E-state index contributed by atoms with van der Waals surface area (Å²) in [6.07, 6.45) is 8.25. The molecule has 4 aromatic rings. The van der Waals surface area contributed by atoms with Crippen LogP contribution in [0.15, 0.2) is 97.3 Å². The van der Waals surface area contributed by atoms with Gasteiger partial charge in [-0.25, -0.2) is 0 Å².